The van der Waals surface area contributed by atoms with E-state index in [1.54, 1.807) is 0 Å². The van der Waals surface area contributed by atoms with Crippen molar-refractivity contribution in [2.75, 3.05) is 13.7 Å². The second-order valence-electron chi connectivity index (χ2n) is 4.56. The fourth-order valence-corrected chi connectivity index (χ4v) is 4.09. The van der Waals surface area contributed by atoms with Crippen molar-refractivity contribution in [1.29, 1.82) is 0 Å². The van der Waals surface area contributed by atoms with Crippen molar-refractivity contribution in [2.24, 2.45) is 0 Å². The average Bonchev–Trinajstić information content (AvgIpc) is 2.55. The Balaban J connectivity index is 1.89. The van der Waals surface area contributed by atoms with E-state index in [0.29, 0.717) is 6.54 Å². The van der Waals surface area contributed by atoms with E-state index in [9.17, 15) is 4.79 Å². The Hall–Kier alpha value is -1.61. The van der Waals surface area contributed by atoms with Gasteiger partial charge in [0.05, 0.1) is 0 Å². The molecule has 1 unspecified atom stereocenters. The first-order chi connectivity index (χ1) is 10.3. The van der Waals surface area contributed by atoms with Gasteiger partial charge in [0.1, 0.15) is 0 Å². The van der Waals surface area contributed by atoms with E-state index in [-0.39, 0.29) is 25.7 Å². The Labute approximate surface area is 131 Å². The van der Waals surface area contributed by atoms with E-state index in [2.05, 4.69) is 29.6 Å². The Morgan fingerprint density at radius 3 is 2.33 bits per heavy atom. The molecule has 0 aromatic heterocycles. The molecule has 0 saturated heterocycles. The van der Waals surface area contributed by atoms with Crippen LogP contribution in [0.2, 0.25) is 4.82 Å². The summed E-state index contributed by atoms with van der Waals surface area (Å²) in [5, 5.41) is 3.35. The van der Waals surface area contributed by atoms with Crippen LogP contribution in [0.1, 0.15) is 5.56 Å². The Kier molecular flexibility index (Phi) is 6.48. The monoisotopic (exact) mass is 349 g/mol. The first kappa shape index (κ1) is 15.8. The molecule has 4 heteroatoms. The van der Waals surface area contributed by atoms with E-state index in [1.807, 2.05) is 36.4 Å². The average molecular weight is 348 g/mol. The van der Waals surface area contributed by atoms with Crippen LogP contribution in [0.4, 0.5) is 0 Å². The number of carbonyl (C=O) groups is 1. The minimum absolute atomic E-state index is 0.0675. The van der Waals surface area contributed by atoms with Gasteiger partial charge in [-0.05, 0) is 0 Å². The van der Waals surface area contributed by atoms with Gasteiger partial charge in [0, 0.05) is 0 Å². The summed E-state index contributed by atoms with van der Waals surface area (Å²) in [6.45, 7) is 1.40. The van der Waals surface area contributed by atoms with E-state index in [0.717, 1.165) is 6.54 Å². The maximum absolute atomic E-state index is 11.9. The number of esters is 1. The second kappa shape index (κ2) is 8.63. The molecule has 2 aromatic carbocycles. The number of rotatable bonds is 7. The summed E-state index contributed by atoms with van der Waals surface area (Å²) < 4.78 is 6.13. The number of ether oxygens (including phenoxy) is 1. The first-order valence-electron chi connectivity index (χ1n) is 6.84. The van der Waals surface area contributed by atoms with Gasteiger partial charge in [-0.25, -0.2) is 0 Å². The summed E-state index contributed by atoms with van der Waals surface area (Å²) in [5.41, 5.74) is 1.22. The van der Waals surface area contributed by atoms with Crippen molar-refractivity contribution in [3.63, 3.8) is 0 Å². The van der Waals surface area contributed by atoms with Gasteiger partial charge >= 0.3 is 131 Å². The van der Waals surface area contributed by atoms with Gasteiger partial charge in [-0.15, -0.1) is 0 Å². The molecule has 0 saturated carbocycles. The van der Waals surface area contributed by atoms with E-state index >= 15 is 0 Å². The summed E-state index contributed by atoms with van der Waals surface area (Å²) in [6.07, 6.45) is 0. The fourth-order valence-electron chi connectivity index (χ4n) is 1.91. The molecule has 0 amide bonds. The van der Waals surface area contributed by atoms with E-state index < -0.39 is 0 Å². The molecule has 0 aliphatic rings. The predicted octanol–water partition coefficient (Wildman–Crippen LogP) is 1.77. The van der Waals surface area contributed by atoms with Crippen LogP contribution in [0, 0.1) is 0 Å². The summed E-state index contributed by atoms with van der Waals surface area (Å²) in [6, 6.07) is 20.3. The summed E-state index contributed by atoms with van der Waals surface area (Å²) >= 11 is 0.0675. The maximum atomic E-state index is 11.9. The molecule has 2 aromatic rings. The van der Waals surface area contributed by atoms with Crippen LogP contribution in [0.5, 0.6) is 0 Å². The van der Waals surface area contributed by atoms with Crippen LogP contribution in [0.15, 0.2) is 60.7 Å². The molecule has 0 heterocycles. The van der Waals surface area contributed by atoms with Crippen LogP contribution in [0.25, 0.3) is 0 Å². The van der Waals surface area contributed by atoms with Gasteiger partial charge in [0.25, 0.3) is 0 Å². The first-order valence-corrected chi connectivity index (χ1v) is 8.68. The topological polar surface area (TPSA) is 38.3 Å². The molecular weight excluding hydrogens is 329 g/mol. The number of hydrogen-bond acceptors (Lipinski definition) is 3. The summed E-state index contributed by atoms with van der Waals surface area (Å²) in [7, 11) is 1.45. The fraction of sp³-hybridized carbons (Fsp3) is 0.235. The molecular formula is C17H19NO2Se. The van der Waals surface area contributed by atoms with Crippen LogP contribution < -0.4 is 9.78 Å². The van der Waals surface area contributed by atoms with Crippen molar-refractivity contribution in [1.82, 2.24) is 5.32 Å². The van der Waals surface area contributed by atoms with Gasteiger partial charge in [-0.3, -0.25) is 0 Å². The normalized spacial score (nSPS) is 11.9. The molecule has 3 nitrogen and oxygen atoms in total. The zero-order valence-electron chi connectivity index (χ0n) is 12.0. The summed E-state index contributed by atoms with van der Waals surface area (Å²) in [4.78, 5) is 11.8. The van der Waals surface area contributed by atoms with Crippen molar-refractivity contribution in [3.05, 3.63) is 66.2 Å². The van der Waals surface area contributed by atoms with Gasteiger partial charge < -0.3 is 0 Å². The zero-order valence-corrected chi connectivity index (χ0v) is 13.7. The number of methoxy groups -OCH3 is 1. The van der Waals surface area contributed by atoms with Crippen LogP contribution in [-0.2, 0) is 16.1 Å². The Bertz CT molecular complexity index is 545. The Morgan fingerprint density at radius 2 is 1.71 bits per heavy atom. The number of carbonyl (C=O) groups excluding carboxylic acids is 1. The molecule has 0 bridgehead atoms. The number of nitrogens with one attached hydrogen (secondary N) is 1. The Morgan fingerprint density at radius 1 is 1.10 bits per heavy atom. The molecule has 0 aliphatic heterocycles. The third-order valence-corrected chi connectivity index (χ3v) is 5.48. The molecule has 0 fully saturated rings. The van der Waals surface area contributed by atoms with Crippen molar-refractivity contribution >= 4 is 25.4 Å². The molecule has 0 spiro atoms. The summed E-state index contributed by atoms with van der Waals surface area (Å²) in [5.74, 6) is -0.139. The molecule has 0 aliphatic carbocycles. The molecule has 1 atom stereocenters. The van der Waals surface area contributed by atoms with Crippen LogP contribution >= 0.6 is 0 Å². The number of hydrogen-bond donors (Lipinski definition) is 1. The van der Waals surface area contributed by atoms with Crippen LogP contribution in [0.3, 0.4) is 0 Å². The molecule has 2 rings (SSSR count). The quantitative estimate of drug-likeness (QED) is 0.612. The van der Waals surface area contributed by atoms with E-state index in [1.165, 1.54) is 17.1 Å². The van der Waals surface area contributed by atoms with Crippen molar-refractivity contribution < 1.29 is 9.53 Å². The van der Waals surface area contributed by atoms with Gasteiger partial charge in [0.2, 0.25) is 0 Å². The van der Waals surface area contributed by atoms with Crippen molar-refractivity contribution in [2.45, 2.75) is 11.4 Å². The zero-order chi connectivity index (χ0) is 14.9. The minimum atomic E-state index is -0.139. The standard InChI is InChI=1S/C17H19NO2Se/c1-20-17(19)16(21-15-10-6-3-7-11-15)13-18-12-14-8-4-2-5-9-14/h2-11,16,18H,12-13H2,1H3. The molecule has 0 radical (unpaired) electrons. The van der Waals surface area contributed by atoms with Crippen molar-refractivity contribution in [3.8, 4) is 0 Å². The molecule has 110 valence electrons. The molecule has 21 heavy (non-hydrogen) atoms. The number of benzene rings is 2. The van der Waals surface area contributed by atoms with Gasteiger partial charge in [-0.2, -0.15) is 0 Å². The third-order valence-electron chi connectivity index (χ3n) is 2.99. The van der Waals surface area contributed by atoms with E-state index in [4.69, 9.17) is 4.74 Å². The molecule has 1 N–H and O–H groups in total. The van der Waals surface area contributed by atoms with Gasteiger partial charge in [-0.1, -0.05) is 0 Å². The van der Waals surface area contributed by atoms with Crippen LogP contribution in [-0.4, -0.2) is 34.6 Å². The predicted molar refractivity (Wildman–Crippen MR) is 85.7 cm³/mol. The third kappa shape index (κ3) is 5.35. The van der Waals surface area contributed by atoms with Gasteiger partial charge in [0.15, 0.2) is 0 Å². The second-order valence-corrected chi connectivity index (χ2v) is 7.24. The SMILES string of the molecule is COC(=O)C(CNCc1ccccc1)[Se]c1ccccc1.